The maximum Gasteiger partial charge on any atom is 0.234 e. The third-order valence-corrected chi connectivity index (χ3v) is 5.00. The zero-order valence-corrected chi connectivity index (χ0v) is 15.4. The molecule has 1 aromatic carbocycles. The van der Waals surface area contributed by atoms with Gasteiger partial charge in [0.1, 0.15) is 11.5 Å². The molecule has 2 aromatic rings. The molecule has 0 atom stereocenters. The Morgan fingerprint density at radius 3 is 2.75 bits per heavy atom. The fraction of sp³-hybridized carbons (Fsp3) is 0.350. The lowest BCUT2D eigenvalue weighted by molar-refractivity contribution is -0.125. The summed E-state index contributed by atoms with van der Waals surface area (Å²) >= 11 is 0. The van der Waals surface area contributed by atoms with Crippen LogP contribution in [-0.2, 0) is 16.2 Å². The number of aliphatic imine (C=N–C) groups is 1. The Morgan fingerprint density at radius 2 is 2.00 bits per heavy atom. The van der Waals surface area contributed by atoms with E-state index in [2.05, 4.69) is 20.7 Å². The molecule has 4 rings (SSSR count). The van der Waals surface area contributed by atoms with Crippen LogP contribution in [0.5, 0.6) is 0 Å². The van der Waals surface area contributed by atoms with Crippen molar-refractivity contribution in [3.63, 3.8) is 0 Å². The van der Waals surface area contributed by atoms with Gasteiger partial charge in [0.2, 0.25) is 5.91 Å². The zero-order chi connectivity index (χ0) is 19.4. The lowest BCUT2D eigenvalue weighted by Crippen LogP contribution is -2.47. The van der Waals surface area contributed by atoms with E-state index in [1.165, 1.54) is 6.07 Å². The Morgan fingerprint density at radius 1 is 1.21 bits per heavy atom. The molecule has 0 unspecified atom stereocenters. The van der Waals surface area contributed by atoms with Crippen LogP contribution >= 0.6 is 0 Å². The molecular weight excluding hydrogens is 361 g/mol. The van der Waals surface area contributed by atoms with E-state index in [1.807, 2.05) is 18.2 Å². The van der Waals surface area contributed by atoms with Gasteiger partial charge in [-0.15, -0.1) is 0 Å². The summed E-state index contributed by atoms with van der Waals surface area (Å²) in [5.74, 6) is 0.203. The molecule has 2 aliphatic rings. The number of rotatable bonds is 5. The lowest BCUT2D eigenvalue weighted by atomic mass is 10.0. The molecule has 2 aliphatic heterocycles. The van der Waals surface area contributed by atoms with Crippen LogP contribution in [0.3, 0.4) is 0 Å². The second-order valence-electron chi connectivity index (χ2n) is 6.97. The molecule has 2 N–H and O–H groups in total. The first-order chi connectivity index (χ1) is 13.6. The van der Waals surface area contributed by atoms with Gasteiger partial charge in [-0.2, -0.15) is 0 Å². The Balaban J connectivity index is 1.27. The number of hydrogen-bond acceptors (Lipinski definition) is 6. The number of nitrogens with zero attached hydrogens (tertiary/aromatic N) is 3. The van der Waals surface area contributed by atoms with E-state index in [-0.39, 0.29) is 24.8 Å². The van der Waals surface area contributed by atoms with Crippen LogP contribution in [0.1, 0.15) is 24.1 Å². The smallest absolute Gasteiger partial charge is 0.234 e. The van der Waals surface area contributed by atoms with E-state index >= 15 is 0 Å². The van der Waals surface area contributed by atoms with Gasteiger partial charge in [0.25, 0.3) is 0 Å². The van der Waals surface area contributed by atoms with Gasteiger partial charge in [-0.3, -0.25) is 14.7 Å². The van der Waals surface area contributed by atoms with Gasteiger partial charge in [0.05, 0.1) is 6.54 Å². The molecule has 8 heteroatoms. The van der Waals surface area contributed by atoms with Crippen LogP contribution in [0, 0.1) is 5.82 Å². The summed E-state index contributed by atoms with van der Waals surface area (Å²) in [5.41, 5.74) is 3.51. The number of carbonyl (C=O) groups excluding carboxylic acids is 1. The molecule has 1 aromatic heterocycles. The number of hydrogen-bond donors (Lipinski definition) is 2. The van der Waals surface area contributed by atoms with Crippen LogP contribution in [-0.4, -0.2) is 47.0 Å². The summed E-state index contributed by atoms with van der Waals surface area (Å²) in [6.07, 6.45) is 3.07. The first-order valence-corrected chi connectivity index (χ1v) is 9.31. The number of benzene rings is 1. The number of amidine groups is 1. The van der Waals surface area contributed by atoms with Gasteiger partial charge >= 0.3 is 0 Å². The Kier molecular flexibility index (Phi) is 5.31. The van der Waals surface area contributed by atoms with Crippen molar-refractivity contribution in [2.75, 3.05) is 19.6 Å². The molecule has 7 nitrogen and oxygen atoms in total. The highest BCUT2D eigenvalue weighted by Gasteiger charge is 2.40. The predicted octanol–water partition coefficient (Wildman–Crippen LogP) is 1.61. The van der Waals surface area contributed by atoms with E-state index in [9.17, 15) is 9.18 Å². The van der Waals surface area contributed by atoms with E-state index < -0.39 is 5.72 Å². The van der Waals surface area contributed by atoms with Crippen molar-refractivity contribution in [3.05, 3.63) is 65.7 Å². The first kappa shape index (κ1) is 18.5. The minimum Gasteiger partial charge on any atom is -0.351 e. The van der Waals surface area contributed by atoms with Gasteiger partial charge in [-0.1, -0.05) is 24.3 Å². The highest BCUT2D eigenvalue weighted by atomic mass is 19.1. The third-order valence-electron chi connectivity index (χ3n) is 5.00. The van der Waals surface area contributed by atoms with Gasteiger partial charge in [0, 0.05) is 44.2 Å². The van der Waals surface area contributed by atoms with Crippen LogP contribution in [0.25, 0.3) is 0 Å². The number of pyridine rings is 1. The first-order valence-electron chi connectivity index (χ1n) is 9.31. The second kappa shape index (κ2) is 8.04. The number of halogens is 1. The molecule has 0 bridgehead atoms. The van der Waals surface area contributed by atoms with Crippen LogP contribution < -0.4 is 10.8 Å². The molecule has 0 saturated carbocycles. The zero-order valence-electron chi connectivity index (χ0n) is 15.4. The Bertz CT molecular complexity index is 866. The quantitative estimate of drug-likeness (QED) is 0.820. The van der Waals surface area contributed by atoms with E-state index in [4.69, 9.17) is 9.83 Å². The third kappa shape index (κ3) is 4.18. The molecule has 146 valence electrons. The Labute approximate surface area is 162 Å². The molecule has 1 saturated heterocycles. The number of likely N-dealkylation sites (tertiary alicyclic amines) is 1. The summed E-state index contributed by atoms with van der Waals surface area (Å²) in [6, 6.07) is 12.1. The number of amides is 1. The highest BCUT2D eigenvalue weighted by Crippen LogP contribution is 2.30. The normalized spacial score (nSPS) is 18.5. The lowest BCUT2D eigenvalue weighted by Gasteiger charge is -2.35. The SMILES string of the molecule is O=C(CN1CCC2(CC1)N=C(c1ccccn1)NO2)NCc1ccccc1F. The summed E-state index contributed by atoms with van der Waals surface area (Å²) in [5, 5.41) is 2.78. The number of nitrogens with one attached hydrogen (secondary N) is 2. The predicted molar refractivity (Wildman–Crippen MR) is 102 cm³/mol. The van der Waals surface area contributed by atoms with Crippen molar-refractivity contribution in [1.82, 2.24) is 20.7 Å². The van der Waals surface area contributed by atoms with Crippen molar-refractivity contribution in [3.8, 4) is 0 Å². The van der Waals surface area contributed by atoms with Crippen molar-refractivity contribution in [1.29, 1.82) is 0 Å². The summed E-state index contributed by atoms with van der Waals surface area (Å²) in [4.78, 5) is 29.0. The molecule has 1 amide bonds. The number of piperidine rings is 1. The molecule has 1 spiro atoms. The number of carbonyl (C=O) groups is 1. The minimum absolute atomic E-state index is 0.123. The maximum absolute atomic E-state index is 13.6. The van der Waals surface area contributed by atoms with Gasteiger partial charge in [0.15, 0.2) is 11.6 Å². The van der Waals surface area contributed by atoms with Crippen molar-refractivity contribution < 1.29 is 14.0 Å². The largest absolute Gasteiger partial charge is 0.351 e. The summed E-state index contributed by atoms with van der Waals surface area (Å²) in [7, 11) is 0. The monoisotopic (exact) mass is 383 g/mol. The van der Waals surface area contributed by atoms with Crippen LogP contribution in [0.15, 0.2) is 53.7 Å². The van der Waals surface area contributed by atoms with Crippen LogP contribution in [0.2, 0.25) is 0 Å². The fourth-order valence-electron chi connectivity index (χ4n) is 3.37. The van der Waals surface area contributed by atoms with Gasteiger partial charge in [-0.05, 0) is 18.2 Å². The topological polar surface area (TPSA) is 78.9 Å². The molecular formula is C20H22FN5O2. The van der Waals surface area contributed by atoms with E-state index in [0.29, 0.717) is 37.3 Å². The number of aromatic nitrogens is 1. The molecule has 1 fully saturated rings. The average molecular weight is 383 g/mol. The highest BCUT2D eigenvalue weighted by molar-refractivity contribution is 5.97. The summed E-state index contributed by atoms with van der Waals surface area (Å²) < 4.78 is 13.6. The van der Waals surface area contributed by atoms with Crippen LogP contribution in [0.4, 0.5) is 4.39 Å². The molecule has 28 heavy (non-hydrogen) atoms. The van der Waals surface area contributed by atoms with E-state index in [1.54, 1.807) is 24.4 Å². The van der Waals surface area contributed by atoms with Gasteiger partial charge in [-0.25, -0.2) is 19.7 Å². The molecule has 0 radical (unpaired) electrons. The van der Waals surface area contributed by atoms with E-state index in [0.717, 1.165) is 5.69 Å². The second-order valence-corrected chi connectivity index (χ2v) is 6.97. The summed E-state index contributed by atoms with van der Waals surface area (Å²) in [6.45, 7) is 1.84. The standard InChI is InChI=1S/C20H22FN5O2/c21-16-6-2-1-5-15(16)13-23-18(27)14-26-11-8-20(9-12-26)24-19(25-28-20)17-7-3-4-10-22-17/h1-7,10H,8-9,11-14H2,(H,23,27)(H,24,25). The number of hydroxylamine groups is 1. The Hall–Kier alpha value is -2.84. The van der Waals surface area contributed by atoms with Gasteiger partial charge < -0.3 is 5.32 Å². The van der Waals surface area contributed by atoms with Crippen molar-refractivity contribution >= 4 is 11.7 Å². The fourth-order valence-corrected chi connectivity index (χ4v) is 3.37. The molecule has 0 aliphatic carbocycles. The average Bonchev–Trinajstić information content (AvgIpc) is 3.14. The molecule has 3 heterocycles. The minimum atomic E-state index is -0.604. The van der Waals surface area contributed by atoms with Crippen molar-refractivity contribution in [2.24, 2.45) is 4.99 Å². The van der Waals surface area contributed by atoms with Crippen molar-refractivity contribution in [2.45, 2.75) is 25.1 Å². The maximum atomic E-state index is 13.6.